The molecule has 0 amide bonds. The van der Waals surface area contributed by atoms with Crippen LogP contribution in [-0.2, 0) is 13.1 Å². The van der Waals surface area contributed by atoms with Crippen molar-refractivity contribution in [2.24, 2.45) is 4.99 Å². The lowest BCUT2D eigenvalue weighted by atomic mass is 10.2. The third kappa shape index (κ3) is 7.00. The number of nitrogens with zero attached hydrogens (tertiary/aromatic N) is 4. The molecule has 1 aliphatic carbocycles. The standard InChI is InChI=1S/C19H28N6O.HI/c1-20-19(22-11-5-13-25-14-6-12-24-25)23-15-16-7-4-10-21-18(16)26-17-8-2-3-9-17;/h4,6-7,10,12,14,17H,2-3,5,8-9,11,13,15H2,1H3,(H2,20,22,23);1H. The van der Waals surface area contributed by atoms with Gasteiger partial charge in [-0.25, -0.2) is 4.98 Å². The summed E-state index contributed by atoms with van der Waals surface area (Å²) in [6.07, 6.45) is 11.6. The molecule has 7 nitrogen and oxygen atoms in total. The zero-order valence-electron chi connectivity index (χ0n) is 15.8. The molecule has 148 valence electrons. The predicted octanol–water partition coefficient (Wildman–Crippen LogP) is 2.97. The minimum absolute atomic E-state index is 0. The number of hydrogen-bond acceptors (Lipinski definition) is 4. The number of guanidine groups is 1. The molecule has 0 radical (unpaired) electrons. The second-order valence-electron chi connectivity index (χ2n) is 6.47. The van der Waals surface area contributed by atoms with Crippen LogP contribution in [-0.4, -0.2) is 40.4 Å². The first-order valence-electron chi connectivity index (χ1n) is 9.37. The van der Waals surface area contributed by atoms with Crippen molar-refractivity contribution in [3.8, 4) is 5.88 Å². The molecular formula is C19H29IN6O. The number of aliphatic imine (C=N–C) groups is 1. The first kappa shape index (κ1) is 21.5. The van der Waals surface area contributed by atoms with Gasteiger partial charge in [0.05, 0.1) is 0 Å². The van der Waals surface area contributed by atoms with Gasteiger partial charge < -0.3 is 15.4 Å². The van der Waals surface area contributed by atoms with Crippen LogP contribution in [0.4, 0.5) is 0 Å². The smallest absolute Gasteiger partial charge is 0.218 e. The highest BCUT2D eigenvalue weighted by atomic mass is 127. The number of aromatic nitrogens is 3. The number of nitrogens with one attached hydrogen (secondary N) is 2. The van der Waals surface area contributed by atoms with Gasteiger partial charge in [-0.1, -0.05) is 6.07 Å². The van der Waals surface area contributed by atoms with Gasteiger partial charge in [-0.2, -0.15) is 5.10 Å². The summed E-state index contributed by atoms with van der Waals surface area (Å²) in [6, 6.07) is 5.93. The molecule has 0 atom stereocenters. The van der Waals surface area contributed by atoms with E-state index in [-0.39, 0.29) is 24.0 Å². The van der Waals surface area contributed by atoms with Crippen LogP contribution < -0.4 is 15.4 Å². The molecule has 2 aromatic heterocycles. The molecule has 2 heterocycles. The molecule has 2 aromatic rings. The van der Waals surface area contributed by atoms with E-state index in [9.17, 15) is 0 Å². The highest BCUT2D eigenvalue weighted by Crippen LogP contribution is 2.24. The van der Waals surface area contributed by atoms with Crippen molar-refractivity contribution in [1.29, 1.82) is 0 Å². The second kappa shape index (κ2) is 11.8. The van der Waals surface area contributed by atoms with E-state index in [2.05, 4.69) is 31.8 Å². The van der Waals surface area contributed by atoms with Gasteiger partial charge in [-0.3, -0.25) is 9.67 Å². The maximum absolute atomic E-state index is 6.09. The van der Waals surface area contributed by atoms with Gasteiger partial charge >= 0.3 is 0 Å². The van der Waals surface area contributed by atoms with Gasteiger partial charge in [0.2, 0.25) is 5.88 Å². The van der Waals surface area contributed by atoms with E-state index in [0.717, 1.165) is 49.8 Å². The summed E-state index contributed by atoms with van der Waals surface area (Å²) >= 11 is 0. The van der Waals surface area contributed by atoms with Crippen LogP contribution >= 0.6 is 24.0 Å². The number of rotatable bonds is 8. The van der Waals surface area contributed by atoms with Crippen LogP contribution in [0.2, 0.25) is 0 Å². The van der Waals surface area contributed by atoms with E-state index in [1.165, 1.54) is 12.8 Å². The Labute approximate surface area is 178 Å². The quantitative estimate of drug-likeness (QED) is 0.261. The lowest BCUT2D eigenvalue weighted by Crippen LogP contribution is -2.37. The molecule has 3 rings (SSSR count). The number of halogens is 1. The minimum atomic E-state index is 0. The Morgan fingerprint density at radius 3 is 2.85 bits per heavy atom. The summed E-state index contributed by atoms with van der Waals surface area (Å²) in [5.74, 6) is 1.52. The molecule has 0 aromatic carbocycles. The van der Waals surface area contributed by atoms with Crippen LogP contribution in [0.15, 0.2) is 41.8 Å². The van der Waals surface area contributed by atoms with Crippen molar-refractivity contribution in [2.75, 3.05) is 13.6 Å². The van der Waals surface area contributed by atoms with Gasteiger partial charge in [0.1, 0.15) is 6.10 Å². The Hall–Kier alpha value is -1.84. The molecule has 0 aliphatic heterocycles. The molecule has 8 heteroatoms. The molecule has 1 aliphatic rings. The molecule has 0 bridgehead atoms. The van der Waals surface area contributed by atoms with Gasteiger partial charge in [0, 0.05) is 50.8 Å². The molecule has 1 saturated carbocycles. The average Bonchev–Trinajstić information content (AvgIpc) is 3.36. The first-order chi connectivity index (χ1) is 12.8. The fraction of sp³-hybridized carbons (Fsp3) is 0.526. The SMILES string of the molecule is CN=C(NCCCn1cccn1)NCc1cccnc1OC1CCCC1.I. The van der Waals surface area contributed by atoms with Crippen LogP contribution in [0.3, 0.4) is 0 Å². The third-order valence-corrected chi connectivity index (χ3v) is 4.52. The van der Waals surface area contributed by atoms with Crippen LogP contribution in [0.25, 0.3) is 0 Å². The summed E-state index contributed by atoms with van der Waals surface area (Å²) in [5, 5.41) is 10.9. The van der Waals surface area contributed by atoms with Crippen LogP contribution in [0, 0.1) is 0 Å². The van der Waals surface area contributed by atoms with Crippen molar-refractivity contribution in [3.63, 3.8) is 0 Å². The maximum Gasteiger partial charge on any atom is 0.218 e. The topological polar surface area (TPSA) is 76.4 Å². The average molecular weight is 484 g/mol. The zero-order chi connectivity index (χ0) is 18.0. The maximum atomic E-state index is 6.09. The van der Waals surface area contributed by atoms with Crippen LogP contribution in [0.1, 0.15) is 37.7 Å². The molecule has 0 spiro atoms. The second-order valence-corrected chi connectivity index (χ2v) is 6.47. The Morgan fingerprint density at radius 1 is 1.26 bits per heavy atom. The lowest BCUT2D eigenvalue weighted by Gasteiger charge is -2.16. The third-order valence-electron chi connectivity index (χ3n) is 4.52. The normalized spacial score (nSPS) is 14.6. The predicted molar refractivity (Wildman–Crippen MR) is 118 cm³/mol. The Bertz CT molecular complexity index is 685. The number of pyridine rings is 1. The molecule has 0 unspecified atom stereocenters. The number of hydrogen-bond donors (Lipinski definition) is 2. The van der Waals surface area contributed by atoms with E-state index in [0.29, 0.717) is 12.6 Å². The Morgan fingerprint density at radius 2 is 2.11 bits per heavy atom. The molecule has 0 saturated heterocycles. The lowest BCUT2D eigenvalue weighted by molar-refractivity contribution is 0.199. The van der Waals surface area contributed by atoms with Crippen molar-refractivity contribution in [3.05, 3.63) is 42.4 Å². The minimum Gasteiger partial charge on any atom is -0.474 e. The largest absolute Gasteiger partial charge is 0.474 e. The van der Waals surface area contributed by atoms with E-state index >= 15 is 0 Å². The van der Waals surface area contributed by atoms with E-state index in [4.69, 9.17) is 4.74 Å². The van der Waals surface area contributed by atoms with Gasteiger partial charge in [-0.05, 0) is 44.2 Å². The van der Waals surface area contributed by atoms with E-state index in [1.54, 1.807) is 19.4 Å². The molecule has 1 fully saturated rings. The van der Waals surface area contributed by atoms with Crippen molar-refractivity contribution in [1.82, 2.24) is 25.4 Å². The monoisotopic (exact) mass is 484 g/mol. The Kier molecular flexibility index (Phi) is 9.37. The van der Waals surface area contributed by atoms with Crippen molar-refractivity contribution < 1.29 is 4.74 Å². The Balaban J connectivity index is 0.00000261. The van der Waals surface area contributed by atoms with Gasteiger partial charge in [0.15, 0.2) is 5.96 Å². The summed E-state index contributed by atoms with van der Waals surface area (Å²) in [7, 11) is 1.78. The first-order valence-corrected chi connectivity index (χ1v) is 9.37. The molecule has 2 N–H and O–H groups in total. The van der Waals surface area contributed by atoms with Crippen LogP contribution in [0.5, 0.6) is 5.88 Å². The van der Waals surface area contributed by atoms with E-state index < -0.39 is 0 Å². The fourth-order valence-electron chi connectivity index (χ4n) is 3.11. The van der Waals surface area contributed by atoms with Crippen molar-refractivity contribution in [2.45, 2.75) is 51.3 Å². The number of aryl methyl sites for hydroxylation is 1. The highest BCUT2D eigenvalue weighted by molar-refractivity contribution is 14.0. The number of ether oxygens (including phenoxy) is 1. The summed E-state index contributed by atoms with van der Waals surface area (Å²) in [6.45, 7) is 2.35. The highest BCUT2D eigenvalue weighted by Gasteiger charge is 2.18. The zero-order valence-corrected chi connectivity index (χ0v) is 18.1. The summed E-state index contributed by atoms with van der Waals surface area (Å²) in [5.41, 5.74) is 1.05. The molecule has 27 heavy (non-hydrogen) atoms. The fourth-order valence-corrected chi connectivity index (χ4v) is 3.11. The van der Waals surface area contributed by atoms with E-state index in [1.807, 2.05) is 23.0 Å². The summed E-state index contributed by atoms with van der Waals surface area (Å²) < 4.78 is 8.02. The van der Waals surface area contributed by atoms with Gasteiger partial charge in [0.25, 0.3) is 0 Å². The van der Waals surface area contributed by atoms with Gasteiger partial charge in [-0.15, -0.1) is 24.0 Å². The molecular weight excluding hydrogens is 455 g/mol. The summed E-state index contributed by atoms with van der Waals surface area (Å²) in [4.78, 5) is 8.70. The van der Waals surface area contributed by atoms with Crippen molar-refractivity contribution >= 4 is 29.9 Å².